The zero-order valence-corrected chi connectivity index (χ0v) is 19.1. The van der Waals surface area contributed by atoms with Crippen LogP contribution < -0.4 is 5.32 Å². The number of nitrogens with one attached hydrogen (secondary N) is 1. The molecule has 0 atom stereocenters. The number of nitrogens with zero attached hydrogens (tertiary/aromatic N) is 5. The Labute approximate surface area is 194 Å². The van der Waals surface area contributed by atoms with Crippen molar-refractivity contribution in [2.45, 2.75) is 19.8 Å². The maximum Gasteiger partial charge on any atom is 0.346 e. The van der Waals surface area contributed by atoms with Gasteiger partial charge in [-0.3, -0.25) is 23.7 Å². The second-order valence-electron chi connectivity index (χ2n) is 7.26. The summed E-state index contributed by atoms with van der Waals surface area (Å²) in [6.45, 7) is 3.49. The molecule has 0 radical (unpaired) electrons. The molecule has 12 nitrogen and oxygen atoms in total. The lowest BCUT2D eigenvalue weighted by Gasteiger charge is -2.03. The van der Waals surface area contributed by atoms with E-state index in [4.69, 9.17) is 18.9 Å². The first kappa shape index (κ1) is 23.6. The van der Waals surface area contributed by atoms with Crippen LogP contribution in [0.4, 0.5) is 5.69 Å². The number of hydrogen-bond donors (Lipinski definition) is 3. The van der Waals surface area contributed by atoms with Gasteiger partial charge in [0.2, 0.25) is 0 Å². The molecule has 0 aliphatic rings. The number of anilines is 1. The number of ether oxygens (including phenoxy) is 1. The lowest BCUT2D eigenvalue weighted by Crippen LogP contribution is -2.11. The maximum absolute atomic E-state index is 12.9. The molecular formula is C21H23N6O6P. The van der Waals surface area contributed by atoms with E-state index in [2.05, 4.69) is 20.5 Å². The fourth-order valence-corrected chi connectivity index (χ4v) is 3.71. The molecule has 0 bridgehead atoms. The van der Waals surface area contributed by atoms with Crippen LogP contribution in [0.2, 0.25) is 0 Å². The third-order valence-electron chi connectivity index (χ3n) is 4.66. The number of pyridine rings is 1. The zero-order valence-electron chi connectivity index (χ0n) is 18.2. The van der Waals surface area contributed by atoms with Crippen LogP contribution >= 0.6 is 7.60 Å². The van der Waals surface area contributed by atoms with Gasteiger partial charge in [0.25, 0.3) is 5.91 Å². The minimum absolute atomic E-state index is 0.0479. The summed E-state index contributed by atoms with van der Waals surface area (Å²) in [5.74, 6) is -0.110. The van der Waals surface area contributed by atoms with Crippen LogP contribution in [0.25, 0.3) is 22.7 Å². The Kier molecular flexibility index (Phi) is 7.03. The molecule has 13 heteroatoms. The number of aromatic nitrogens is 5. The van der Waals surface area contributed by atoms with Gasteiger partial charge in [0.15, 0.2) is 5.76 Å². The van der Waals surface area contributed by atoms with Gasteiger partial charge in [-0.1, -0.05) is 6.07 Å². The van der Waals surface area contributed by atoms with Crippen molar-refractivity contribution in [1.82, 2.24) is 24.5 Å². The molecule has 0 aliphatic carbocycles. The summed E-state index contributed by atoms with van der Waals surface area (Å²) in [6, 6.07) is 8.51. The molecule has 4 aromatic heterocycles. The Balaban J connectivity index is 1.53. The van der Waals surface area contributed by atoms with Gasteiger partial charge in [0.1, 0.15) is 17.7 Å². The van der Waals surface area contributed by atoms with Gasteiger partial charge in [-0.2, -0.15) is 10.2 Å². The van der Waals surface area contributed by atoms with Gasteiger partial charge in [0.05, 0.1) is 36.3 Å². The summed E-state index contributed by atoms with van der Waals surface area (Å²) in [5, 5.41) is 11.3. The van der Waals surface area contributed by atoms with E-state index in [0.717, 1.165) is 4.68 Å². The first-order chi connectivity index (χ1) is 16.3. The van der Waals surface area contributed by atoms with Crippen LogP contribution in [0.1, 0.15) is 17.5 Å². The molecule has 4 rings (SSSR count). The molecule has 34 heavy (non-hydrogen) atoms. The molecule has 0 unspecified atom stereocenters. The lowest BCUT2D eigenvalue weighted by atomic mass is 10.2. The quantitative estimate of drug-likeness (QED) is 0.226. The van der Waals surface area contributed by atoms with Crippen LogP contribution in [0.5, 0.6) is 0 Å². The van der Waals surface area contributed by atoms with E-state index < -0.39 is 19.8 Å². The highest BCUT2D eigenvalue weighted by Crippen LogP contribution is 2.36. The number of amides is 1. The van der Waals surface area contributed by atoms with Gasteiger partial charge in [0, 0.05) is 25.2 Å². The van der Waals surface area contributed by atoms with Gasteiger partial charge >= 0.3 is 7.60 Å². The molecule has 0 spiro atoms. The average Bonchev–Trinajstić information content (AvgIpc) is 3.53. The molecule has 0 saturated carbocycles. The van der Waals surface area contributed by atoms with E-state index in [9.17, 15) is 9.36 Å². The van der Waals surface area contributed by atoms with Gasteiger partial charge in [-0.15, -0.1) is 0 Å². The highest BCUT2D eigenvalue weighted by Gasteiger charge is 2.20. The Bertz CT molecular complexity index is 1310. The third kappa shape index (κ3) is 5.86. The smallest absolute Gasteiger partial charge is 0.346 e. The second-order valence-corrected chi connectivity index (χ2v) is 8.87. The Morgan fingerprint density at radius 3 is 2.79 bits per heavy atom. The summed E-state index contributed by atoms with van der Waals surface area (Å²) < 4.78 is 25.0. The minimum Gasteiger partial charge on any atom is -0.451 e. The molecule has 178 valence electrons. The largest absolute Gasteiger partial charge is 0.451 e. The van der Waals surface area contributed by atoms with Crippen molar-refractivity contribution in [3.05, 3.63) is 60.9 Å². The van der Waals surface area contributed by atoms with E-state index in [0.29, 0.717) is 48.2 Å². The molecule has 0 fully saturated rings. The van der Waals surface area contributed by atoms with Crippen molar-refractivity contribution in [2.24, 2.45) is 0 Å². The van der Waals surface area contributed by atoms with Crippen LogP contribution in [-0.4, -0.2) is 53.5 Å². The molecule has 1 amide bonds. The lowest BCUT2D eigenvalue weighted by molar-refractivity contribution is 0.0997. The van der Waals surface area contributed by atoms with Crippen molar-refractivity contribution in [2.75, 3.05) is 18.5 Å². The fraction of sp³-hybridized carbons (Fsp3) is 0.238. The van der Waals surface area contributed by atoms with E-state index in [1.807, 2.05) is 13.0 Å². The standard InChI is InChI=1S/C21H23N6O6P/c1-2-32-10-9-26-13-17(20(25-26)16-5-3-4-8-22-16)24-21(28)19-7-6-18(33-19)15-11-23-27(12-15)14-34(29,30)31/h3-8,11-13H,2,9-10,14H2,1H3,(H,24,28)(H2,29,30,31). The molecule has 4 aromatic rings. The van der Waals surface area contributed by atoms with E-state index >= 15 is 0 Å². The normalized spacial score (nSPS) is 11.6. The van der Waals surface area contributed by atoms with Gasteiger partial charge < -0.3 is 24.3 Å². The van der Waals surface area contributed by atoms with E-state index in [1.54, 1.807) is 35.3 Å². The predicted octanol–water partition coefficient (Wildman–Crippen LogP) is 2.83. The van der Waals surface area contributed by atoms with Crippen molar-refractivity contribution < 1.29 is 28.3 Å². The Morgan fingerprint density at radius 1 is 1.21 bits per heavy atom. The van der Waals surface area contributed by atoms with E-state index in [1.165, 1.54) is 18.5 Å². The molecule has 4 heterocycles. The second kappa shape index (κ2) is 10.1. The van der Waals surface area contributed by atoms with Crippen molar-refractivity contribution in [3.8, 4) is 22.7 Å². The predicted molar refractivity (Wildman–Crippen MR) is 122 cm³/mol. The zero-order chi connectivity index (χ0) is 24.1. The highest BCUT2D eigenvalue weighted by atomic mass is 31.2. The Morgan fingerprint density at radius 2 is 2.06 bits per heavy atom. The number of carbonyl (C=O) groups is 1. The maximum atomic E-state index is 12.9. The average molecular weight is 486 g/mol. The van der Waals surface area contributed by atoms with Crippen LogP contribution in [0.15, 0.2) is 59.5 Å². The first-order valence-electron chi connectivity index (χ1n) is 10.4. The first-order valence-corrected chi connectivity index (χ1v) is 12.2. The Hall–Kier alpha value is -3.57. The molecule has 0 aliphatic heterocycles. The number of furan rings is 1. The fourth-order valence-electron chi connectivity index (χ4n) is 3.18. The molecular weight excluding hydrogens is 463 g/mol. The summed E-state index contributed by atoms with van der Waals surface area (Å²) in [5.41, 5.74) is 2.06. The molecule has 0 saturated heterocycles. The summed E-state index contributed by atoms with van der Waals surface area (Å²) in [7, 11) is -4.27. The van der Waals surface area contributed by atoms with Crippen LogP contribution in [0, 0.1) is 0 Å². The van der Waals surface area contributed by atoms with Crippen molar-refractivity contribution >= 4 is 19.2 Å². The number of hydrogen-bond acceptors (Lipinski definition) is 7. The van der Waals surface area contributed by atoms with Gasteiger partial charge in [-0.05, 0) is 31.2 Å². The number of carbonyl (C=O) groups excluding carboxylic acids is 1. The van der Waals surface area contributed by atoms with E-state index in [-0.39, 0.29) is 5.76 Å². The number of rotatable bonds is 10. The topological polar surface area (TPSA) is 158 Å². The monoisotopic (exact) mass is 486 g/mol. The van der Waals surface area contributed by atoms with Crippen LogP contribution in [-0.2, 0) is 22.1 Å². The van der Waals surface area contributed by atoms with Crippen molar-refractivity contribution in [3.63, 3.8) is 0 Å². The summed E-state index contributed by atoms with van der Waals surface area (Å²) in [4.78, 5) is 35.4. The van der Waals surface area contributed by atoms with Crippen LogP contribution in [0.3, 0.4) is 0 Å². The highest BCUT2D eigenvalue weighted by molar-refractivity contribution is 7.50. The minimum atomic E-state index is -4.27. The summed E-state index contributed by atoms with van der Waals surface area (Å²) >= 11 is 0. The van der Waals surface area contributed by atoms with Crippen molar-refractivity contribution in [1.29, 1.82) is 0 Å². The molecule has 0 aromatic carbocycles. The van der Waals surface area contributed by atoms with Gasteiger partial charge in [-0.25, -0.2) is 0 Å². The third-order valence-corrected chi connectivity index (χ3v) is 5.32. The molecule has 3 N–H and O–H groups in total. The SMILES string of the molecule is CCOCCn1cc(NC(=O)c2ccc(-c3cnn(CP(=O)(O)O)c3)o2)c(-c2ccccn2)n1. The summed E-state index contributed by atoms with van der Waals surface area (Å²) in [6.07, 6.45) is 5.63.